The number of hydrogen-bond acceptors (Lipinski definition) is 7. The van der Waals surface area contributed by atoms with Gasteiger partial charge in [0.2, 0.25) is 0 Å². The SMILES string of the molecule is COc1ccccc1[C@H]1CC(=O)C2=C(C1)NC(C)=C(C(=O)OCCCS(C)(=O)=O)C2c1cccc2[nH]ccc12.[HH].[HH]. The van der Waals surface area contributed by atoms with E-state index in [1.165, 1.54) is 0 Å². The Bertz CT molecular complexity index is 1630. The maximum absolute atomic E-state index is 13.9. The van der Waals surface area contributed by atoms with Crippen LogP contribution in [0.1, 0.15) is 52.0 Å². The van der Waals surface area contributed by atoms with E-state index >= 15 is 0 Å². The first-order valence-corrected chi connectivity index (χ1v) is 15.0. The van der Waals surface area contributed by atoms with Gasteiger partial charge in [-0.2, -0.15) is 0 Å². The lowest BCUT2D eigenvalue weighted by atomic mass is 9.71. The minimum Gasteiger partial charge on any atom is -0.496 e. The van der Waals surface area contributed by atoms with Crippen molar-refractivity contribution in [3.63, 3.8) is 0 Å². The molecule has 0 fully saturated rings. The number of hydrogen-bond donors (Lipinski definition) is 2. The zero-order valence-corrected chi connectivity index (χ0v) is 23.1. The van der Waals surface area contributed by atoms with Crippen molar-refractivity contribution in [1.82, 2.24) is 10.3 Å². The summed E-state index contributed by atoms with van der Waals surface area (Å²) in [5.74, 6) is -0.602. The van der Waals surface area contributed by atoms with Crippen LogP contribution in [0.25, 0.3) is 10.9 Å². The number of carbonyl (C=O) groups excluding carboxylic acids is 2. The number of ether oxygens (including phenoxy) is 2. The third kappa shape index (κ3) is 5.36. The molecular weight excluding hydrogens is 516 g/mol. The molecule has 2 aromatic carbocycles. The molecule has 208 valence electrons. The van der Waals surface area contributed by atoms with Crippen LogP contribution in [0.2, 0.25) is 0 Å². The van der Waals surface area contributed by atoms with Crippen LogP contribution in [0.4, 0.5) is 0 Å². The number of dihydropyridines is 1. The maximum Gasteiger partial charge on any atom is 0.336 e. The highest BCUT2D eigenvalue weighted by molar-refractivity contribution is 7.90. The van der Waals surface area contributed by atoms with Gasteiger partial charge in [-0.15, -0.1) is 0 Å². The molecule has 5 rings (SSSR count). The summed E-state index contributed by atoms with van der Waals surface area (Å²) in [6, 6.07) is 15.5. The molecule has 1 aliphatic carbocycles. The van der Waals surface area contributed by atoms with Crippen LogP contribution in [0, 0.1) is 0 Å². The van der Waals surface area contributed by atoms with Crippen LogP contribution in [-0.4, -0.2) is 50.9 Å². The minimum absolute atomic E-state index is 0. The van der Waals surface area contributed by atoms with E-state index in [-0.39, 0.29) is 39.8 Å². The molecule has 0 bridgehead atoms. The third-order valence-electron chi connectivity index (χ3n) is 7.46. The summed E-state index contributed by atoms with van der Waals surface area (Å²) in [6.07, 6.45) is 4.08. The van der Waals surface area contributed by atoms with Gasteiger partial charge in [0.1, 0.15) is 15.6 Å². The Labute approximate surface area is 231 Å². The summed E-state index contributed by atoms with van der Waals surface area (Å²) >= 11 is 0. The van der Waals surface area contributed by atoms with E-state index in [0.717, 1.165) is 39.7 Å². The number of aromatic amines is 1. The summed E-state index contributed by atoms with van der Waals surface area (Å²) < 4.78 is 34.2. The van der Waals surface area contributed by atoms with E-state index in [2.05, 4.69) is 10.3 Å². The Hall–Kier alpha value is -3.85. The van der Waals surface area contributed by atoms with Gasteiger partial charge in [-0.3, -0.25) is 4.79 Å². The van der Waals surface area contributed by atoms with Gasteiger partial charge in [0, 0.05) is 61.4 Å². The van der Waals surface area contributed by atoms with E-state index in [0.29, 0.717) is 23.3 Å². The molecule has 3 aromatic rings. The monoisotopic (exact) mass is 552 g/mol. The molecule has 0 saturated heterocycles. The number of para-hydroxylation sites is 1. The first kappa shape index (κ1) is 26.7. The zero-order valence-electron chi connectivity index (χ0n) is 22.2. The molecule has 1 unspecified atom stereocenters. The molecule has 2 heterocycles. The fraction of sp³-hybridized carbons (Fsp3) is 0.333. The number of Topliss-reactive ketones (excluding diaryl/α,β-unsaturated/α-hetero) is 1. The predicted molar refractivity (Wildman–Crippen MR) is 153 cm³/mol. The van der Waals surface area contributed by atoms with Gasteiger partial charge in [0.05, 0.1) is 25.0 Å². The largest absolute Gasteiger partial charge is 0.496 e. The molecular formula is C30H36N2O6S. The second-order valence-corrected chi connectivity index (χ2v) is 12.4. The van der Waals surface area contributed by atoms with E-state index in [1.807, 2.05) is 61.7 Å². The highest BCUT2D eigenvalue weighted by atomic mass is 32.2. The van der Waals surface area contributed by atoms with Crippen molar-refractivity contribution in [3.8, 4) is 5.75 Å². The molecule has 0 saturated carbocycles. The van der Waals surface area contributed by atoms with Crippen LogP contribution in [0.15, 0.2) is 77.3 Å². The van der Waals surface area contributed by atoms with Gasteiger partial charge in [-0.25, -0.2) is 13.2 Å². The van der Waals surface area contributed by atoms with Crippen LogP contribution < -0.4 is 10.1 Å². The Morgan fingerprint density at radius 3 is 2.62 bits per heavy atom. The summed E-state index contributed by atoms with van der Waals surface area (Å²) in [4.78, 5) is 30.7. The summed E-state index contributed by atoms with van der Waals surface area (Å²) in [6.45, 7) is 1.79. The lowest BCUT2D eigenvalue weighted by molar-refractivity contribution is -0.139. The van der Waals surface area contributed by atoms with E-state index in [4.69, 9.17) is 9.47 Å². The number of rotatable bonds is 8. The molecule has 8 nitrogen and oxygen atoms in total. The molecule has 39 heavy (non-hydrogen) atoms. The van der Waals surface area contributed by atoms with Crippen molar-refractivity contribution in [1.29, 1.82) is 0 Å². The topological polar surface area (TPSA) is 115 Å². The second-order valence-electron chi connectivity index (χ2n) is 10.2. The average molecular weight is 553 g/mol. The Morgan fingerprint density at radius 2 is 1.85 bits per heavy atom. The number of carbonyl (C=O) groups is 2. The summed E-state index contributed by atoms with van der Waals surface area (Å²) in [5.41, 5.74) is 5.08. The molecule has 0 radical (unpaired) electrons. The normalized spacial score (nSPS) is 19.6. The number of ketones is 1. The Kier molecular flexibility index (Phi) is 7.36. The van der Waals surface area contributed by atoms with Crippen molar-refractivity contribution >= 4 is 32.5 Å². The smallest absolute Gasteiger partial charge is 0.336 e. The zero-order chi connectivity index (χ0) is 27.7. The molecule has 1 aliphatic heterocycles. The highest BCUT2D eigenvalue weighted by Gasteiger charge is 2.42. The van der Waals surface area contributed by atoms with Gasteiger partial charge in [0.25, 0.3) is 0 Å². The van der Waals surface area contributed by atoms with Gasteiger partial charge >= 0.3 is 5.97 Å². The molecule has 2 N–H and O–H groups in total. The van der Waals surface area contributed by atoms with E-state index in [9.17, 15) is 18.0 Å². The lowest BCUT2D eigenvalue weighted by Gasteiger charge is -2.37. The van der Waals surface area contributed by atoms with Gasteiger partial charge in [0.15, 0.2) is 5.78 Å². The number of esters is 1. The summed E-state index contributed by atoms with van der Waals surface area (Å²) in [5, 5.41) is 4.29. The first-order valence-electron chi connectivity index (χ1n) is 13.0. The fourth-order valence-electron chi connectivity index (χ4n) is 5.77. The van der Waals surface area contributed by atoms with Crippen molar-refractivity contribution in [2.45, 2.75) is 38.0 Å². The number of aromatic nitrogens is 1. The third-order valence-corrected chi connectivity index (χ3v) is 8.49. The molecule has 2 aliphatic rings. The van der Waals surface area contributed by atoms with Crippen LogP contribution in [-0.2, 0) is 24.2 Å². The maximum atomic E-state index is 13.9. The number of H-pyrrole nitrogens is 1. The van der Waals surface area contributed by atoms with Crippen molar-refractivity contribution < 1.29 is 30.3 Å². The molecule has 1 aromatic heterocycles. The standard InChI is InChI=1S/C30H32N2O6S.2H2/c1-18-27(30(34)38-14-7-15-39(3,35)36)28(22-9-6-10-23-21(22)12-13-31-23)29-24(32-18)16-19(17-25(29)33)20-8-4-5-11-26(20)37-2;;/h4-6,8-13,19,28,31-32H,7,14-17H2,1-3H3;2*1H/t19-,28?;;/m1../s1. The predicted octanol–water partition coefficient (Wildman–Crippen LogP) is 5.01. The van der Waals surface area contributed by atoms with Crippen LogP contribution >= 0.6 is 0 Å². The van der Waals surface area contributed by atoms with Crippen LogP contribution in [0.5, 0.6) is 5.75 Å². The molecule has 0 spiro atoms. The van der Waals surface area contributed by atoms with Crippen LogP contribution in [0.3, 0.4) is 0 Å². The Balaban J connectivity index is 0.00000231. The number of methoxy groups -OCH3 is 1. The quantitative estimate of drug-likeness (QED) is 0.298. The number of allylic oxidation sites excluding steroid dienone is 3. The minimum atomic E-state index is -3.17. The van der Waals surface area contributed by atoms with E-state index in [1.54, 1.807) is 7.11 Å². The Morgan fingerprint density at radius 1 is 1.08 bits per heavy atom. The van der Waals surface area contributed by atoms with Crippen molar-refractivity contribution in [2.75, 3.05) is 25.7 Å². The van der Waals surface area contributed by atoms with Crippen molar-refractivity contribution in [3.05, 3.63) is 88.4 Å². The van der Waals surface area contributed by atoms with E-state index < -0.39 is 21.7 Å². The van der Waals surface area contributed by atoms with Gasteiger partial charge in [-0.1, -0.05) is 30.3 Å². The first-order chi connectivity index (χ1) is 18.7. The summed E-state index contributed by atoms with van der Waals surface area (Å²) in [7, 11) is -1.54. The number of benzene rings is 2. The molecule has 9 heteroatoms. The number of sulfone groups is 1. The highest BCUT2D eigenvalue weighted by Crippen LogP contribution is 2.48. The molecule has 2 atom stereocenters. The average Bonchev–Trinajstić information content (AvgIpc) is 3.39. The second kappa shape index (κ2) is 10.7. The number of fused-ring (bicyclic) bond motifs is 1. The van der Waals surface area contributed by atoms with Gasteiger partial charge < -0.3 is 19.8 Å². The van der Waals surface area contributed by atoms with Gasteiger partial charge in [-0.05, 0) is 49.1 Å². The van der Waals surface area contributed by atoms with Crippen molar-refractivity contribution in [2.24, 2.45) is 0 Å². The lowest BCUT2D eigenvalue weighted by Crippen LogP contribution is -2.36. The molecule has 0 amide bonds. The fourth-order valence-corrected chi connectivity index (χ4v) is 6.41. The number of nitrogens with one attached hydrogen (secondary N) is 2.